The molecule has 0 aliphatic carbocycles. The van der Waals surface area contributed by atoms with Crippen LogP contribution < -0.4 is 0 Å². The molecule has 1 aliphatic heterocycles. The second-order valence-electron chi connectivity index (χ2n) is 5.93. The van der Waals surface area contributed by atoms with Gasteiger partial charge in [-0.1, -0.05) is 11.6 Å². The predicted octanol–water partition coefficient (Wildman–Crippen LogP) is 3.95. The van der Waals surface area contributed by atoms with E-state index in [1.165, 1.54) is 0 Å². The van der Waals surface area contributed by atoms with Crippen molar-refractivity contribution in [1.29, 1.82) is 0 Å². The van der Waals surface area contributed by atoms with Crippen molar-refractivity contribution < 1.29 is 13.9 Å². The molecule has 5 heteroatoms. The number of nitrogens with zero attached hydrogens (tertiary/aromatic N) is 1. The van der Waals surface area contributed by atoms with Gasteiger partial charge in [0.25, 0.3) is 5.91 Å². The van der Waals surface area contributed by atoms with Crippen molar-refractivity contribution in [2.45, 2.75) is 32.8 Å². The number of hydrogen-bond acceptors (Lipinski definition) is 3. The number of rotatable bonds is 2. The Labute approximate surface area is 135 Å². The Kier molecular flexibility index (Phi) is 4.15. The molecule has 0 spiro atoms. The molecule has 118 valence electrons. The van der Waals surface area contributed by atoms with Crippen molar-refractivity contribution in [3.63, 3.8) is 0 Å². The zero-order chi connectivity index (χ0) is 15.9. The SMILES string of the molecule is COC1CCCN(C(=O)c2oc3c(Cl)cc(C)cc3c2C)C1. The van der Waals surface area contributed by atoms with Crippen molar-refractivity contribution in [2.24, 2.45) is 0 Å². The number of hydrogen-bond donors (Lipinski definition) is 0. The van der Waals surface area contributed by atoms with Crippen molar-refractivity contribution in [1.82, 2.24) is 4.90 Å². The zero-order valence-corrected chi connectivity index (χ0v) is 13.9. The van der Waals surface area contributed by atoms with Gasteiger partial charge >= 0.3 is 0 Å². The molecule has 1 amide bonds. The Morgan fingerprint density at radius 1 is 1.41 bits per heavy atom. The van der Waals surface area contributed by atoms with Crippen LogP contribution in [0.4, 0.5) is 0 Å². The van der Waals surface area contributed by atoms with Gasteiger partial charge in [0, 0.05) is 31.1 Å². The van der Waals surface area contributed by atoms with Crippen LogP contribution in [0.2, 0.25) is 5.02 Å². The molecule has 2 heterocycles. The van der Waals surface area contributed by atoms with Crippen LogP contribution in [0.5, 0.6) is 0 Å². The summed E-state index contributed by atoms with van der Waals surface area (Å²) >= 11 is 6.25. The van der Waals surface area contributed by atoms with Crippen molar-refractivity contribution in [3.8, 4) is 0 Å². The van der Waals surface area contributed by atoms with E-state index in [1.807, 2.05) is 30.9 Å². The molecule has 4 nitrogen and oxygen atoms in total. The lowest BCUT2D eigenvalue weighted by atomic mass is 10.1. The number of ether oxygens (including phenoxy) is 1. The van der Waals surface area contributed by atoms with Crippen molar-refractivity contribution in [3.05, 3.63) is 34.0 Å². The monoisotopic (exact) mass is 321 g/mol. The maximum absolute atomic E-state index is 12.8. The van der Waals surface area contributed by atoms with Gasteiger partial charge in [-0.25, -0.2) is 0 Å². The first-order chi connectivity index (χ1) is 10.5. The molecule has 1 aromatic carbocycles. The molecule has 1 aliphatic rings. The van der Waals surface area contributed by atoms with Crippen LogP contribution in [0.3, 0.4) is 0 Å². The maximum atomic E-state index is 12.8. The molecule has 0 saturated carbocycles. The number of halogens is 1. The van der Waals surface area contributed by atoms with Gasteiger partial charge in [-0.3, -0.25) is 4.79 Å². The van der Waals surface area contributed by atoms with Crippen LogP contribution in [0.15, 0.2) is 16.5 Å². The fourth-order valence-corrected chi connectivity index (χ4v) is 3.39. The minimum Gasteiger partial charge on any atom is -0.449 e. The quantitative estimate of drug-likeness (QED) is 0.841. The molecule has 2 aromatic rings. The number of methoxy groups -OCH3 is 1. The summed E-state index contributed by atoms with van der Waals surface area (Å²) in [5.41, 5.74) is 2.50. The third kappa shape index (κ3) is 2.61. The lowest BCUT2D eigenvalue weighted by Crippen LogP contribution is -2.42. The summed E-state index contributed by atoms with van der Waals surface area (Å²) in [6, 6.07) is 3.86. The number of amides is 1. The van der Waals surface area contributed by atoms with Gasteiger partial charge in [0.05, 0.1) is 11.1 Å². The summed E-state index contributed by atoms with van der Waals surface area (Å²) < 4.78 is 11.2. The average molecular weight is 322 g/mol. The van der Waals surface area contributed by atoms with Gasteiger partial charge < -0.3 is 14.1 Å². The molecule has 1 aromatic heterocycles. The van der Waals surface area contributed by atoms with Crippen molar-refractivity contribution in [2.75, 3.05) is 20.2 Å². The number of aryl methyl sites for hydroxylation is 2. The Morgan fingerprint density at radius 3 is 2.91 bits per heavy atom. The van der Waals surface area contributed by atoms with Gasteiger partial charge in [-0.05, 0) is 44.4 Å². The summed E-state index contributed by atoms with van der Waals surface area (Å²) in [5.74, 6) is 0.309. The van der Waals surface area contributed by atoms with Crippen LogP contribution in [-0.2, 0) is 4.74 Å². The zero-order valence-electron chi connectivity index (χ0n) is 13.1. The number of likely N-dealkylation sites (tertiary alicyclic amines) is 1. The normalized spacial score (nSPS) is 18.9. The highest BCUT2D eigenvalue weighted by atomic mass is 35.5. The predicted molar refractivity (Wildman–Crippen MR) is 86.6 cm³/mol. The number of piperidine rings is 1. The van der Waals surface area contributed by atoms with Crippen LogP contribution in [-0.4, -0.2) is 37.1 Å². The third-order valence-corrected chi connectivity index (χ3v) is 4.61. The number of fused-ring (bicyclic) bond motifs is 1. The first kappa shape index (κ1) is 15.4. The summed E-state index contributed by atoms with van der Waals surface area (Å²) in [6.45, 7) is 5.24. The Morgan fingerprint density at radius 2 is 2.18 bits per heavy atom. The van der Waals surface area contributed by atoms with E-state index >= 15 is 0 Å². The van der Waals surface area contributed by atoms with E-state index < -0.39 is 0 Å². The van der Waals surface area contributed by atoms with E-state index in [2.05, 4.69) is 0 Å². The highest BCUT2D eigenvalue weighted by Gasteiger charge is 2.28. The highest BCUT2D eigenvalue weighted by Crippen LogP contribution is 2.33. The second kappa shape index (κ2) is 5.94. The summed E-state index contributed by atoms with van der Waals surface area (Å²) in [4.78, 5) is 14.6. The van der Waals surface area contributed by atoms with Gasteiger partial charge in [-0.15, -0.1) is 0 Å². The summed E-state index contributed by atoms with van der Waals surface area (Å²) in [7, 11) is 1.69. The molecular weight excluding hydrogens is 302 g/mol. The molecule has 22 heavy (non-hydrogen) atoms. The fourth-order valence-electron chi connectivity index (χ4n) is 3.07. The minimum atomic E-state index is -0.0795. The average Bonchev–Trinajstić information content (AvgIpc) is 2.84. The minimum absolute atomic E-state index is 0.0795. The third-order valence-electron chi connectivity index (χ3n) is 4.33. The van der Waals surface area contributed by atoms with Crippen molar-refractivity contribution >= 4 is 28.5 Å². The van der Waals surface area contributed by atoms with E-state index in [-0.39, 0.29) is 12.0 Å². The number of carbonyl (C=O) groups is 1. The highest BCUT2D eigenvalue weighted by molar-refractivity contribution is 6.35. The molecular formula is C17H20ClNO3. The lowest BCUT2D eigenvalue weighted by molar-refractivity contribution is 0.0253. The van der Waals surface area contributed by atoms with E-state index in [1.54, 1.807) is 7.11 Å². The Balaban J connectivity index is 1.97. The molecule has 1 atom stereocenters. The van der Waals surface area contributed by atoms with Crippen LogP contribution in [0.1, 0.15) is 34.5 Å². The van der Waals surface area contributed by atoms with Crippen LogP contribution >= 0.6 is 11.6 Å². The Bertz CT molecular complexity index is 722. The van der Waals surface area contributed by atoms with E-state index in [4.69, 9.17) is 20.8 Å². The standard InChI is InChI=1S/C17H20ClNO3/c1-10-7-13-11(2)15(22-16(13)14(18)8-10)17(20)19-6-4-5-12(9-19)21-3/h7-8,12H,4-6,9H2,1-3H3. The van der Waals surface area contributed by atoms with Gasteiger partial charge in [-0.2, -0.15) is 0 Å². The topological polar surface area (TPSA) is 42.7 Å². The van der Waals surface area contributed by atoms with Gasteiger partial charge in [0.1, 0.15) is 0 Å². The number of benzene rings is 1. The van der Waals surface area contributed by atoms with Gasteiger partial charge in [0.15, 0.2) is 11.3 Å². The largest absolute Gasteiger partial charge is 0.449 e. The van der Waals surface area contributed by atoms with Gasteiger partial charge in [0.2, 0.25) is 0 Å². The molecule has 0 radical (unpaired) electrons. The maximum Gasteiger partial charge on any atom is 0.289 e. The summed E-state index contributed by atoms with van der Waals surface area (Å²) in [6.07, 6.45) is 2.04. The molecule has 1 fully saturated rings. The molecule has 1 saturated heterocycles. The molecule has 0 bridgehead atoms. The van der Waals surface area contributed by atoms with E-state index in [9.17, 15) is 4.79 Å². The lowest BCUT2D eigenvalue weighted by Gasteiger charge is -2.31. The second-order valence-corrected chi connectivity index (χ2v) is 6.34. The smallest absolute Gasteiger partial charge is 0.289 e. The number of carbonyl (C=O) groups excluding carboxylic acids is 1. The molecule has 1 unspecified atom stereocenters. The van der Waals surface area contributed by atoms with E-state index in [0.29, 0.717) is 22.9 Å². The van der Waals surface area contributed by atoms with E-state index in [0.717, 1.165) is 35.9 Å². The Hall–Kier alpha value is -1.52. The first-order valence-electron chi connectivity index (χ1n) is 7.52. The van der Waals surface area contributed by atoms with Crippen LogP contribution in [0, 0.1) is 13.8 Å². The molecule has 3 rings (SSSR count). The summed E-state index contributed by atoms with van der Waals surface area (Å²) in [5, 5.41) is 1.46. The molecule has 0 N–H and O–H groups in total. The fraction of sp³-hybridized carbons (Fsp3) is 0.471. The van der Waals surface area contributed by atoms with Crippen LogP contribution in [0.25, 0.3) is 11.0 Å². The number of furan rings is 1. The first-order valence-corrected chi connectivity index (χ1v) is 7.90.